The first kappa shape index (κ1) is 11.3. The molecule has 2 aromatic rings. The highest BCUT2D eigenvalue weighted by molar-refractivity contribution is 5.94. The molecule has 0 aromatic heterocycles. The zero-order chi connectivity index (χ0) is 12.4. The fraction of sp³-hybridized carbons (Fsp3) is 0. The second-order valence-corrected chi connectivity index (χ2v) is 3.57. The van der Waals surface area contributed by atoms with E-state index in [0.717, 1.165) is 0 Å². The molecule has 0 atom stereocenters. The Morgan fingerprint density at radius 2 is 1.65 bits per heavy atom. The number of nitrogens with two attached hydrogens (primary N) is 1. The van der Waals surface area contributed by atoms with Gasteiger partial charge in [-0.05, 0) is 35.9 Å². The van der Waals surface area contributed by atoms with Crippen molar-refractivity contribution in [3.8, 4) is 11.1 Å². The van der Waals surface area contributed by atoms with Crippen molar-refractivity contribution in [2.45, 2.75) is 0 Å². The summed E-state index contributed by atoms with van der Waals surface area (Å²) in [5, 5.41) is 0. The van der Waals surface area contributed by atoms with Crippen molar-refractivity contribution in [3.05, 3.63) is 59.7 Å². The number of carbonyl (C=O) groups excluding carboxylic acids is 1. The molecular weight excluding hydrogens is 224 g/mol. The van der Waals surface area contributed by atoms with E-state index in [2.05, 4.69) is 0 Å². The smallest absolute Gasteiger partial charge is 0.248 e. The molecule has 0 saturated heterocycles. The van der Waals surface area contributed by atoms with Crippen LogP contribution in [0, 0.1) is 11.6 Å². The van der Waals surface area contributed by atoms with E-state index < -0.39 is 17.5 Å². The molecule has 0 bridgehead atoms. The zero-order valence-corrected chi connectivity index (χ0v) is 8.78. The van der Waals surface area contributed by atoms with Gasteiger partial charge in [-0.1, -0.05) is 12.1 Å². The van der Waals surface area contributed by atoms with E-state index in [1.165, 1.54) is 42.5 Å². The average molecular weight is 233 g/mol. The third kappa shape index (κ3) is 2.30. The van der Waals surface area contributed by atoms with Crippen LogP contribution in [0.15, 0.2) is 42.5 Å². The van der Waals surface area contributed by atoms with Crippen LogP contribution in [0.3, 0.4) is 0 Å². The molecule has 2 rings (SSSR count). The van der Waals surface area contributed by atoms with Crippen molar-refractivity contribution in [2.75, 3.05) is 0 Å². The van der Waals surface area contributed by atoms with Crippen LogP contribution in [0.1, 0.15) is 10.4 Å². The number of halogens is 2. The molecule has 0 heterocycles. The SMILES string of the molecule is NC(=O)c1ccc(F)c(-c2ccc(F)cc2)c1. The number of benzene rings is 2. The highest BCUT2D eigenvalue weighted by Gasteiger charge is 2.09. The Morgan fingerprint density at radius 1 is 1.00 bits per heavy atom. The van der Waals surface area contributed by atoms with Crippen LogP contribution in [-0.4, -0.2) is 5.91 Å². The lowest BCUT2D eigenvalue weighted by molar-refractivity contribution is 0.100. The summed E-state index contributed by atoms with van der Waals surface area (Å²) in [4.78, 5) is 11.0. The Bertz CT molecular complexity index is 564. The first-order valence-corrected chi connectivity index (χ1v) is 4.93. The van der Waals surface area contributed by atoms with E-state index in [9.17, 15) is 13.6 Å². The summed E-state index contributed by atoms with van der Waals surface area (Å²) >= 11 is 0. The summed E-state index contributed by atoms with van der Waals surface area (Å²) in [6.45, 7) is 0. The van der Waals surface area contributed by atoms with Gasteiger partial charge in [0.25, 0.3) is 0 Å². The summed E-state index contributed by atoms with van der Waals surface area (Å²) in [6, 6.07) is 9.17. The van der Waals surface area contributed by atoms with Crippen molar-refractivity contribution in [1.82, 2.24) is 0 Å². The molecule has 4 heteroatoms. The number of rotatable bonds is 2. The van der Waals surface area contributed by atoms with Crippen molar-refractivity contribution < 1.29 is 13.6 Å². The maximum Gasteiger partial charge on any atom is 0.248 e. The van der Waals surface area contributed by atoms with Gasteiger partial charge in [-0.3, -0.25) is 4.79 Å². The van der Waals surface area contributed by atoms with Crippen LogP contribution in [0.25, 0.3) is 11.1 Å². The van der Waals surface area contributed by atoms with Crippen LogP contribution in [0.4, 0.5) is 8.78 Å². The van der Waals surface area contributed by atoms with Crippen molar-refractivity contribution in [2.24, 2.45) is 5.73 Å². The van der Waals surface area contributed by atoms with Crippen LogP contribution in [-0.2, 0) is 0 Å². The molecule has 2 N–H and O–H groups in total. The summed E-state index contributed by atoms with van der Waals surface area (Å²) < 4.78 is 26.3. The third-order valence-corrected chi connectivity index (χ3v) is 2.41. The predicted molar refractivity (Wildman–Crippen MR) is 60.3 cm³/mol. The molecule has 86 valence electrons. The molecule has 0 aliphatic carbocycles. The molecule has 0 fully saturated rings. The molecule has 0 aliphatic rings. The maximum atomic E-state index is 13.6. The molecule has 0 saturated carbocycles. The topological polar surface area (TPSA) is 43.1 Å². The van der Waals surface area contributed by atoms with Gasteiger partial charge in [0.2, 0.25) is 5.91 Å². The molecule has 2 aromatic carbocycles. The summed E-state index contributed by atoms with van der Waals surface area (Å²) in [5.74, 6) is -1.52. The van der Waals surface area contributed by atoms with Gasteiger partial charge in [-0.15, -0.1) is 0 Å². The van der Waals surface area contributed by atoms with Crippen LogP contribution in [0.2, 0.25) is 0 Å². The van der Waals surface area contributed by atoms with Gasteiger partial charge in [0, 0.05) is 11.1 Å². The minimum absolute atomic E-state index is 0.214. The van der Waals surface area contributed by atoms with Gasteiger partial charge in [-0.2, -0.15) is 0 Å². The third-order valence-electron chi connectivity index (χ3n) is 2.41. The molecular formula is C13H9F2NO. The Hall–Kier alpha value is -2.23. The molecule has 0 aliphatic heterocycles. The largest absolute Gasteiger partial charge is 0.366 e. The minimum atomic E-state index is -0.631. The van der Waals surface area contributed by atoms with Crippen molar-refractivity contribution in [1.29, 1.82) is 0 Å². The Kier molecular flexibility index (Phi) is 2.87. The fourth-order valence-electron chi connectivity index (χ4n) is 1.53. The second-order valence-electron chi connectivity index (χ2n) is 3.57. The summed E-state index contributed by atoms with van der Waals surface area (Å²) in [6.07, 6.45) is 0. The fourth-order valence-corrected chi connectivity index (χ4v) is 1.53. The van der Waals surface area contributed by atoms with E-state index >= 15 is 0 Å². The molecule has 1 amide bonds. The number of primary amides is 1. The lowest BCUT2D eigenvalue weighted by atomic mass is 10.0. The summed E-state index contributed by atoms with van der Waals surface area (Å²) in [5.41, 5.74) is 6.04. The number of hydrogen-bond acceptors (Lipinski definition) is 1. The molecule has 2 nitrogen and oxygen atoms in total. The highest BCUT2D eigenvalue weighted by atomic mass is 19.1. The Morgan fingerprint density at radius 3 is 2.24 bits per heavy atom. The van der Waals surface area contributed by atoms with E-state index in [-0.39, 0.29) is 11.1 Å². The number of hydrogen-bond donors (Lipinski definition) is 1. The van der Waals surface area contributed by atoms with E-state index in [1.54, 1.807) is 0 Å². The van der Waals surface area contributed by atoms with E-state index in [1.807, 2.05) is 0 Å². The van der Waals surface area contributed by atoms with Crippen LogP contribution >= 0.6 is 0 Å². The highest BCUT2D eigenvalue weighted by Crippen LogP contribution is 2.24. The first-order chi connectivity index (χ1) is 8.08. The van der Waals surface area contributed by atoms with E-state index in [0.29, 0.717) is 5.56 Å². The monoisotopic (exact) mass is 233 g/mol. The first-order valence-electron chi connectivity index (χ1n) is 4.93. The zero-order valence-electron chi connectivity index (χ0n) is 8.78. The van der Waals surface area contributed by atoms with Crippen LogP contribution < -0.4 is 5.73 Å². The van der Waals surface area contributed by atoms with Gasteiger partial charge >= 0.3 is 0 Å². The Balaban J connectivity index is 2.54. The van der Waals surface area contributed by atoms with Gasteiger partial charge in [0.05, 0.1) is 0 Å². The van der Waals surface area contributed by atoms with Gasteiger partial charge in [0.1, 0.15) is 11.6 Å². The van der Waals surface area contributed by atoms with Gasteiger partial charge < -0.3 is 5.73 Å². The van der Waals surface area contributed by atoms with Crippen molar-refractivity contribution >= 4 is 5.91 Å². The number of amides is 1. The van der Waals surface area contributed by atoms with Gasteiger partial charge in [0.15, 0.2) is 0 Å². The average Bonchev–Trinajstić information content (AvgIpc) is 2.31. The molecule has 0 radical (unpaired) electrons. The maximum absolute atomic E-state index is 13.6. The molecule has 0 spiro atoms. The predicted octanol–water partition coefficient (Wildman–Crippen LogP) is 2.73. The standard InChI is InChI=1S/C13H9F2NO/c14-10-4-1-8(2-5-10)11-7-9(13(16)17)3-6-12(11)15/h1-7H,(H2,16,17). The second kappa shape index (κ2) is 4.33. The lowest BCUT2D eigenvalue weighted by Gasteiger charge is -2.05. The lowest BCUT2D eigenvalue weighted by Crippen LogP contribution is -2.11. The molecule has 0 unspecified atom stereocenters. The normalized spacial score (nSPS) is 10.2. The van der Waals surface area contributed by atoms with Gasteiger partial charge in [-0.25, -0.2) is 8.78 Å². The molecule has 17 heavy (non-hydrogen) atoms. The summed E-state index contributed by atoms with van der Waals surface area (Å²) in [7, 11) is 0. The van der Waals surface area contributed by atoms with Crippen molar-refractivity contribution in [3.63, 3.8) is 0 Å². The van der Waals surface area contributed by atoms with Crippen LogP contribution in [0.5, 0.6) is 0 Å². The Labute approximate surface area is 96.7 Å². The van der Waals surface area contributed by atoms with E-state index in [4.69, 9.17) is 5.73 Å². The minimum Gasteiger partial charge on any atom is -0.366 e. The number of carbonyl (C=O) groups is 1. The quantitative estimate of drug-likeness (QED) is 0.851.